The summed E-state index contributed by atoms with van der Waals surface area (Å²) in [4.78, 5) is 64.9. The fraction of sp³-hybridized carbons (Fsp3) is 0.366. The lowest BCUT2D eigenvalue weighted by molar-refractivity contribution is -0.136. The second-order valence-electron chi connectivity index (χ2n) is 15.6. The zero-order valence-electron chi connectivity index (χ0n) is 30.2. The van der Waals surface area contributed by atoms with Crippen molar-refractivity contribution in [3.05, 3.63) is 107 Å². The summed E-state index contributed by atoms with van der Waals surface area (Å²) < 4.78 is 11.5. The average Bonchev–Trinajstić information content (AvgIpc) is 3.36. The summed E-state index contributed by atoms with van der Waals surface area (Å²) in [6, 6.07) is 23.1. The van der Waals surface area contributed by atoms with Gasteiger partial charge in [-0.25, -0.2) is 9.97 Å². The van der Waals surface area contributed by atoms with Crippen LogP contribution < -0.4 is 25.2 Å². The largest absolute Gasteiger partial charge is 0.487 e. The van der Waals surface area contributed by atoms with Crippen LogP contribution in [0.1, 0.15) is 64.2 Å². The van der Waals surface area contributed by atoms with Crippen LogP contribution in [-0.4, -0.2) is 90.0 Å². The van der Waals surface area contributed by atoms with Gasteiger partial charge in [-0.2, -0.15) is 0 Å². The number of benzene rings is 3. The molecular weight excluding hydrogens is 686 g/mol. The Morgan fingerprint density at radius 3 is 2.28 bits per heavy atom. The van der Waals surface area contributed by atoms with E-state index in [1.807, 2.05) is 18.2 Å². The molecule has 1 aromatic heterocycles. The van der Waals surface area contributed by atoms with Crippen LogP contribution in [0.3, 0.4) is 0 Å². The summed E-state index contributed by atoms with van der Waals surface area (Å²) in [5.74, 6) is -0.494. The Balaban J connectivity index is 0.771. The SMILES string of the molecule is CC(C)(c1ccc(OCc2ccnc(N3CC4(COC4)C3)n2)cc1)c1ccc(N2CC(Nc3ccc4c(c3)C(=O)N(C3CCC(=O)NC3=O)C4=O)C2)cc1. The van der Waals surface area contributed by atoms with Gasteiger partial charge in [-0.15, -0.1) is 0 Å². The third-order valence-electron chi connectivity index (χ3n) is 11.5. The van der Waals surface area contributed by atoms with Gasteiger partial charge in [0.1, 0.15) is 18.4 Å². The molecule has 4 aromatic rings. The Kier molecular flexibility index (Phi) is 8.14. The van der Waals surface area contributed by atoms with Gasteiger partial charge < -0.3 is 24.6 Å². The molecule has 0 radical (unpaired) electrons. The van der Waals surface area contributed by atoms with Crippen molar-refractivity contribution < 1.29 is 28.7 Å². The van der Waals surface area contributed by atoms with E-state index in [1.165, 1.54) is 11.1 Å². The Hall–Kier alpha value is -5.82. The first kappa shape index (κ1) is 34.0. The van der Waals surface area contributed by atoms with Gasteiger partial charge in [0.05, 0.1) is 41.5 Å². The predicted octanol–water partition coefficient (Wildman–Crippen LogP) is 3.92. The molecule has 0 aliphatic carbocycles. The molecule has 1 spiro atoms. The smallest absolute Gasteiger partial charge is 0.262 e. The summed E-state index contributed by atoms with van der Waals surface area (Å²) in [6.45, 7) is 9.92. The third-order valence-corrected chi connectivity index (χ3v) is 11.5. The summed E-state index contributed by atoms with van der Waals surface area (Å²) in [5, 5.41) is 5.71. The molecule has 9 rings (SSSR count). The van der Waals surface area contributed by atoms with Crippen molar-refractivity contribution in [1.82, 2.24) is 20.2 Å². The summed E-state index contributed by atoms with van der Waals surface area (Å²) in [6.07, 6.45) is 2.01. The number of nitrogens with zero attached hydrogens (tertiary/aromatic N) is 5. The van der Waals surface area contributed by atoms with Crippen molar-refractivity contribution in [2.24, 2.45) is 5.41 Å². The molecular formula is C41H41N7O6. The fourth-order valence-electron chi connectivity index (χ4n) is 8.05. The number of rotatable bonds is 10. The van der Waals surface area contributed by atoms with Crippen LogP contribution in [0.25, 0.3) is 0 Å². The van der Waals surface area contributed by atoms with E-state index in [4.69, 9.17) is 14.5 Å². The normalized spacial score (nSPS) is 20.6. The van der Waals surface area contributed by atoms with Gasteiger partial charge in [-0.3, -0.25) is 29.4 Å². The molecule has 4 amide bonds. The number of hydrogen-bond acceptors (Lipinski definition) is 11. The van der Waals surface area contributed by atoms with Gasteiger partial charge in [-0.05, 0) is 66.1 Å². The minimum absolute atomic E-state index is 0.0871. The lowest BCUT2D eigenvalue weighted by Gasteiger charge is -2.54. The van der Waals surface area contributed by atoms with E-state index in [2.05, 4.69) is 75.7 Å². The van der Waals surface area contributed by atoms with Crippen molar-refractivity contribution in [3.8, 4) is 5.75 Å². The van der Waals surface area contributed by atoms with Gasteiger partial charge in [0.15, 0.2) is 0 Å². The molecule has 13 nitrogen and oxygen atoms in total. The quantitative estimate of drug-likeness (QED) is 0.229. The van der Waals surface area contributed by atoms with Gasteiger partial charge >= 0.3 is 0 Å². The second-order valence-corrected chi connectivity index (χ2v) is 15.6. The molecule has 6 heterocycles. The zero-order valence-corrected chi connectivity index (χ0v) is 30.2. The number of imide groups is 2. The Morgan fingerprint density at radius 2 is 1.59 bits per heavy atom. The highest BCUT2D eigenvalue weighted by molar-refractivity contribution is 6.23. The van der Waals surface area contributed by atoms with Gasteiger partial charge in [0.25, 0.3) is 11.8 Å². The lowest BCUT2D eigenvalue weighted by atomic mass is 9.78. The predicted molar refractivity (Wildman–Crippen MR) is 200 cm³/mol. The van der Waals surface area contributed by atoms with E-state index in [0.29, 0.717) is 12.0 Å². The maximum absolute atomic E-state index is 13.2. The van der Waals surface area contributed by atoms with Crippen LogP contribution in [0.4, 0.5) is 17.3 Å². The standard InChI is InChI=1S/C41H41N7O6/c1-40(2,26-5-10-31(11-6-26)54-20-28-15-16-42-39(44-28)47-21-41(22-47)23-53-24-41)25-3-8-30(9-4-25)46-18-29(19-46)43-27-7-12-32-33(17-27)38(52)48(37(32)51)34-13-14-35(49)45-36(34)50/h3-12,15-17,29,34,43H,13-14,18-24H2,1-2H3,(H,45,49,50). The molecule has 0 saturated carbocycles. The molecule has 276 valence electrons. The number of carbonyl (C=O) groups is 4. The summed E-state index contributed by atoms with van der Waals surface area (Å²) in [5.41, 5.74) is 5.71. The second kappa shape index (κ2) is 12.9. The highest BCUT2D eigenvalue weighted by atomic mass is 16.5. The van der Waals surface area contributed by atoms with Crippen molar-refractivity contribution in [2.45, 2.75) is 50.8 Å². The first-order chi connectivity index (χ1) is 26.0. The Bertz CT molecular complexity index is 2150. The first-order valence-electron chi connectivity index (χ1n) is 18.4. The molecule has 0 bridgehead atoms. The highest BCUT2D eigenvalue weighted by Crippen LogP contribution is 2.39. The van der Waals surface area contributed by atoms with E-state index >= 15 is 0 Å². The summed E-state index contributed by atoms with van der Waals surface area (Å²) >= 11 is 0. The van der Waals surface area contributed by atoms with Crippen LogP contribution in [0.5, 0.6) is 5.75 Å². The third kappa shape index (κ3) is 6.02. The minimum Gasteiger partial charge on any atom is -0.487 e. The Morgan fingerprint density at radius 1 is 0.889 bits per heavy atom. The number of ether oxygens (including phenoxy) is 2. The van der Waals surface area contributed by atoms with Crippen LogP contribution in [-0.2, 0) is 26.3 Å². The molecule has 2 N–H and O–H groups in total. The molecule has 1 atom stereocenters. The molecule has 5 aliphatic heterocycles. The number of carbonyl (C=O) groups excluding carboxylic acids is 4. The minimum atomic E-state index is -0.981. The molecule has 54 heavy (non-hydrogen) atoms. The number of fused-ring (bicyclic) bond motifs is 1. The fourth-order valence-corrected chi connectivity index (χ4v) is 8.05. The number of nitrogens with one attached hydrogen (secondary N) is 2. The van der Waals surface area contributed by atoms with Crippen molar-refractivity contribution >= 4 is 41.0 Å². The van der Waals surface area contributed by atoms with E-state index in [-0.39, 0.29) is 35.4 Å². The van der Waals surface area contributed by atoms with Crippen molar-refractivity contribution in [3.63, 3.8) is 0 Å². The number of hydrogen-bond donors (Lipinski definition) is 2. The number of amides is 4. The van der Waals surface area contributed by atoms with E-state index < -0.39 is 29.7 Å². The molecule has 5 aliphatic rings. The average molecular weight is 728 g/mol. The topological polar surface area (TPSA) is 146 Å². The lowest BCUT2D eigenvalue weighted by Crippen LogP contribution is -2.66. The van der Waals surface area contributed by atoms with Crippen molar-refractivity contribution in [2.75, 3.05) is 54.5 Å². The maximum atomic E-state index is 13.2. The zero-order chi connectivity index (χ0) is 37.2. The van der Waals surface area contributed by atoms with Crippen molar-refractivity contribution in [1.29, 1.82) is 0 Å². The number of aromatic nitrogens is 2. The van der Waals surface area contributed by atoms with Gasteiger partial charge in [-0.1, -0.05) is 38.1 Å². The van der Waals surface area contributed by atoms with Crippen LogP contribution in [0.2, 0.25) is 0 Å². The van der Waals surface area contributed by atoms with Crippen LogP contribution in [0.15, 0.2) is 79.0 Å². The maximum Gasteiger partial charge on any atom is 0.262 e. The van der Waals surface area contributed by atoms with E-state index in [9.17, 15) is 19.2 Å². The molecule has 4 saturated heterocycles. The van der Waals surface area contributed by atoms with Crippen LogP contribution >= 0.6 is 0 Å². The molecule has 4 fully saturated rings. The number of piperidine rings is 1. The van der Waals surface area contributed by atoms with E-state index in [0.717, 1.165) is 73.1 Å². The number of anilines is 3. The molecule has 3 aromatic carbocycles. The highest BCUT2D eigenvalue weighted by Gasteiger charge is 2.50. The van der Waals surface area contributed by atoms with E-state index in [1.54, 1.807) is 24.4 Å². The van der Waals surface area contributed by atoms with Gasteiger partial charge in [0.2, 0.25) is 17.8 Å². The molecule has 13 heteroatoms. The monoisotopic (exact) mass is 727 g/mol. The first-order valence-corrected chi connectivity index (χ1v) is 18.4. The van der Waals surface area contributed by atoms with Crippen LogP contribution in [0, 0.1) is 5.41 Å². The summed E-state index contributed by atoms with van der Waals surface area (Å²) in [7, 11) is 0. The van der Waals surface area contributed by atoms with Gasteiger partial charge in [0, 0.05) is 55.6 Å². The Labute approximate surface area is 312 Å². The molecule has 1 unspecified atom stereocenters.